The molecule has 0 saturated heterocycles. The van der Waals surface area contributed by atoms with Gasteiger partial charge in [0.05, 0.1) is 6.54 Å². The molecular formula is C12H18F3N5O. The Morgan fingerprint density at radius 3 is 2.57 bits per heavy atom. The van der Waals surface area contributed by atoms with Crippen molar-refractivity contribution in [2.45, 2.75) is 25.9 Å². The molecule has 118 valence electrons. The van der Waals surface area contributed by atoms with Crippen molar-refractivity contribution < 1.29 is 18.0 Å². The summed E-state index contributed by atoms with van der Waals surface area (Å²) in [6, 6.07) is 0.819. The van der Waals surface area contributed by atoms with Crippen LogP contribution in [0, 0.1) is 0 Å². The quantitative estimate of drug-likeness (QED) is 0.800. The van der Waals surface area contributed by atoms with Crippen molar-refractivity contribution in [1.82, 2.24) is 9.97 Å². The fourth-order valence-electron chi connectivity index (χ4n) is 1.67. The number of unbranched alkanes of at least 4 members (excludes halogenated alkanes) is 1. The summed E-state index contributed by atoms with van der Waals surface area (Å²) in [6.07, 6.45) is -3.06. The van der Waals surface area contributed by atoms with E-state index < -0.39 is 17.8 Å². The maximum Gasteiger partial charge on any atom is 0.433 e. The van der Waals surface area contributed by atoms with Crippen LogP contribution in [0.1, 0.15) is 25.5 Å². The number of carbonyl (C=O) groups excluding carboxylic acids is 1. The molecule has 0 fully saturated rings. The van der Waals surface area contributed by atoms with Gasteiger partial charge in [0.1, 0.15) is 5.82 Å². The minimum Gasteiger partial charge on any atom is -0.368 e. The van der Waals surface area contributed by atoms with E-state index in [4.69, 9.17) is 5.73 Å². The van der Waals surface area contributed by atoms with Gasteiger partial charge in [0, 0.05) is 19.7 Å². The summed E-state index contributed by atoms with van der Waals surface area (Å²) in [4.78, 5) is 19.8. The Balaban J connectivity index is 3.19. The number of hydrogen-bond acceptors (Lipinski definition) is 5. The smallest absolute Gasteiger partial charge is 0.368 e. The largest absolute Gasteiger partial charge is 0.433 e. The molecule has 0 aliphatic heterocycles. The zero-order valence-electron chi connectivity index (χ0n) is 11.9. The first kappa shape index (κ1) is 17.0. The molecule has 9 heteroatoms. The van der Waals surface area contributed by atoms with Crippen LogP contribution < -0.4 is 16.0 Å². The lowest BCUT2D eigenvalue weighted by Crippen LogP contribution is -2.35. The molecule has 0 aromatic carbocycles. The Kier molecular flexibility index (Phi) is 5.74. The lowest BCUT2D eigenvalue weighted by atomic mass is 10.3. The fourth-order valence-corrected chi connectivity index (χ4v) is 1.67. The highest BCUT2D eigenvalue weighted by molar-refractivity contribution is 5.79. The number of nitrogens with one attached hydrogen (secondary N) is 1. The highest BCUT2D eigenvalue weighted by Gasteiger charge is 2.34. The average molecular weight is 305 g/mol. The number of anilines is 2. The summed E-state index contributed by atoms with van der Waals surface area (Å²) in [7, 11) is 1.42. The number of nitrogens with two attached hydrogens (primary N) is 1. The Morgan fingerprint density at radius 1 is 1.43 bits per heavy atom. The van der Waals surface area contributed by atoms with E-state index >= 15 is 0 Å². The number of halogens is 3. The van der Waals surface area contributed by atoms with Gasteiger partial charge in [0.2, 0.25) is 11.9 Å². The standard InChI is InChI=1S/C12H18F3N5O/c1-3-4-5-20(7-9(16)21)10-6-8(12(13,14)15)18-11(17-2)19-10/h6H,3-5,7H2,1-2H3,(H2,16,21)(H,17,18,19). The third-order valence-electron chi connectivity index (χ3n) is 2.68. The molecule has 0 saturated carbocycles. The van der Waals surface area contributed by atoms with Gasteiger partial charge in [-0.3, -0.25) is 4.79 Å². The van der Waals surface area contributed by atoms with Crippen LogP contribution in [0.15, 0.2) is 6.07 Å². The molecule has 1 heterocycles. The summed E-state index contributed by atoms with van der Waals surface area (Å²) >= 11 is 0. The highest BCUT2D eigenvalue weighted by Crippen LogP contribution is 2.30. The molecule has 0 unspecified atom stereocenters. The minimum absolute atomic E-state index is 0.0222. The van der Waals surface area contributed by atoms with E-state index in [0.29, 0.717) is 13.0 Å². The molecule has 0 radical (unpaired) electrons. The van der Waals surface area contributed by atoms with E-state index in [-0.39, 0.29) is 18.3 Å². The molecule has 0 aliphatic carbocycles. The van der Waals surface area contributed by atoms with Crippen molar-refractivity contribution in [3.05, 3.63) is 11.8 Å². The Bertz CT molecular complexity index is 492. The maximum atomic E-state index is 12.8. The number of nitrogens with zero attached hydrogens (tertiary/aromatic N) is 3. The van der Waals surface area contributed by atoms with Gasteiger partial charge in [-0.15, -0.1) is 0 Å². The van der Waals surface area contributed by atoms with Gasteiger partial charge < -0.3 is 16.0 Å². The van der Waals surface area contributed by atoms with Crippen LogP contribution in [-0.2, 0) is 11.0 Å². The zero-order valence-corrected chi connectivity index (χ0v) is 11.9. The number of aromatic nitrogens is 2. The summed E-state index contributed by atoms with van der Waals surface area (Å²) in [5.74, 6) is -0.774. The van der Waals surface area contributed by atoms with E-state index in [1.54, 1.807) is 0 Å². The molecule has 6 nitrogen and oxygen atoms in total. The number of amides is 1. The van der Waals surface area contributed by atoms with Crippen LogP contribution >= 0.6 is 0 Å². The van der Waals surface area contributed by atoms with E-state index in [0.717, 1.165) is 12.5 Å². The third kappa shape index (κ3) is 5.09. The van der Waals surface area contributed by atoms with Gasteiger partial charge in [-0.25, -0.2) is 4.98 Å². The molecule has 0 bridgehead atoms. The SMILES string of the molecule is CCCCN(CC(N)=O)c1cc(C(F)(F)F)nc(NC)n1. The van der Waals surface area contributed by atoms with Crippen LogP contribution in [0.5, 0.6) is 0 Å². The summed E-state index contributed by atoms with van der Waals surface area (Å²) in [6.45, 7) is 2.12. The predicted molar refractivity (Wildman–Crippen MR) is 72.9 cm³/mol. The van der Waals surface area contributed by atoms with Crippen LogP contribution in [0.2, 0.25) is 0 Å². The van der Waals surface area contributed by atoms with Gasteiger partial charge in [0.15, 0.2) is 5.69 Å². The molecule has 0 spiro atoms. The monoisotopic (exact) mass is 305 g/mol. The maximum absolute atomic E-state index is 12.8. The van der Waals surface area contributed by atoms with Gasteiger partial charge in [-0.2, -0.15) is 18.2 Å². The fraction of sp³-hybridized carbons (Fsp3) is 0.583. The van der Waals surface area contributed by atoms with Gasteiger partial charge in [-0.1, -0.05) is 13.3 Å². The van der Waals surface area contributed by atoms with Crippen molar-refractivity contribution >= 4 is 17.7 Å². The second kappa shape index (κ2) is 7.09. The first-order valence-electron chi connectivity index (χ1n) is 6.45. The Morgan fingerprint density at radius 2 is 2.10 bits per heavy atom. The van der Waals surface area contributed by atoms with Crippen LogP contribution in [-0.4, -0.2) is 36.0 Å². The van der Waals surface area contributed by atoms with Crippen molar-refractivity contribution in [3.8, 4) is 0 Å². The van der Waals surface area contributed by atoms with Crippen molar-refractivity contribution in [1.29, 1.82) is 0 Å². The van der Waals surface area contributed by atoms with Crippen molar-refractivity contribution in [2.24, 2.45) is 5.73 Å². The highest BCUT2D eigenvalue weighted by atomic mass is 19.4. The zero-order chi connectivity index (χ0) is 16.0. The molecular weight excluding hydrogens is 287 g/mol. The number of alkyl halides is 3. The number of hydrogen-bond donors (Lipinski definition) is 2. The van der Waals surface area contributed by atoms with E-state index in [2.05, 4.69) is 15.3 Å². The van der Waals surface area contributed by atoms with Crippen LogP contribution in [0.3, 0.4) is 0 Å². The second-order valence-corrected chi connectivity index (χ2v) is 4.42. The van der Waals surface area contributed by atoms with E-state index in [1.807, 2.05) is 6.92 Å². The van der Waals surface area contributed by atoms with E-state index in [9.17, 15) is 18.0 Å². The molecule has 1 amide bonds. The molecule has 21 heavy (non-hydrogen) atoms. The Labute approximate surface area is 120 Å². The Hall–Kier alpha value is -2.06. The lowest BCUT2D eigenvalue weighted by Gasteiger charge is -2.23. The van der Waals surface area contributed by atoms with Gasteiger partial charge in [0.25, 0.3) is 0 Å². The molecule has 1 aromatic rings. The topological polar surface area (TPSA) is 84.1 Å². The van der Waals surface area contributed by atoms with E-state index in [1.165, 1.54) is 11.9 Å². The average Bonchev–Trinajstić information content (AvgIpc) is 2.41. The molecule has 1 rings (SSSR count). The molecule has 3 N–H and O–H groups in total. The summed E-state index contributed by atoms with van der Waals surface area (Å²) in [5.41, 5.74) is 4.07. The normalized spacial score (nSPS) is 11.3. The molecule has 1 aromatic heterocycles. The number of primary amides is 1. The summed E-state index contributed by atoms with van der Waals surface area (Å²) < 4.78 is 38.5. The molecule has 0 aliphatic rings. The third-order valence-corrected chi connectivity index (χ3v) is 2.68. The van der Waals surface area contributed by atoms with Gasteiger partial charge in [-0.05, 0) is 6.42 Å². The van der Waals surface area contributed by atoms with Crippen molar-refractivity contribution in [2.75, 3.05) is 30.4 Å². The van der Waals surface area contributed by atoms with Crippen LogP contribution in [0.25, 0.3) is 0 Å². The lowest BCUT2D eigenvalue weighted by molar-refractivity contribution is -0.141. The first-order chi connectivity index (χ1) is 9.77. The first-order valence-corrected chi connectivity index (χ1v) is 6.45. The minimum atomic E-state index is -4.59. The number of carbonyl (C=O) groups is 1. The molecule has 0 atom stereocenters. The van der Waals surface area contributed by atoms with Gasteiger partial charge >= 0.3 is 6.18 Å². The van der Waals surface area contributed by atoms with Crippen molar-refractivity contribution in [3.63, 3.8) is 0 Å². The summed E-state index contributed by atoms with van der Waals surface area (Å²) in [5, 5.41) is 2.48. The van der Waals surface area contributed by atoms with Crippen LogP contribution in [0.4, 0.5) is 24.9 Å². The predicted octanol–water partition coefficient (Wildman–Crippen LogP) is 1.63. The number of rotatable bonds is 7. The second-order valence-electron chi connectivity index (χ2n) is 4.42.